The lowest BCUT2D eigenvalue weighted by atomic mass is 10.1. The number of sulfonamides is 1. The first-order chi connectivity index (χ1) is 16.3. The van der Waals surface area contributed by atoms with Crippen LogP contribution in [0.3, 0.4) is 0 Å². The summed E-state index contributed by atoms with van der Waals surface area (Å²) in [5, 5.41) is 0.864. The molecule has 5 rings (SSSR count). The molecule has 1 atom stereocenters. The van der Waals surface area contributed by atoms with Crippen LogP contribution in [0.25, 0.3) is 10.9 Å². The van der Waals surface area contributed by atoms with E-state index in [0.717, 1.165) is 62.2 Å². The highest BCUT2D eigenvalue weighted by Crippen LogP contribution is 2.29. The summed E-state index contributed by atoms with van der Waals surface area (Å²) in [7, 11) is -3.48. The maximum atomic E-state index is 13.2. The Hall–Kier alpha value is -2.64. The van der Waals surface area contributed by atoms with Gasteiger partial charge in [0.15, 0.2) is 0 Å². The van der Waals surface area contributed by atoms with Gasteiger partial charge in [-0.1, -0.05) is 18.6 Å². The van der Waals surface area contributed by atoms with Crippen LogP contribution in [0.4, 0.5) is 11.5 Å². The van der Waals surface area contributed by atoms with Crippen LogP contribution in [0.15, 0.2) is 53.4 Å². The van der Waals surface area contributed by atoms with Crippen LogP contribution in [0.5, 0.6) is 0 Å². The first kappa shape index (κ1) is 23.1. The van der Waals surface area contributed by atoms with Gasteiger partial charge in [0, 0.05) is 49.8 Å². The average molecular weight is 479 g/mol. The molecular weight excluding hydrogens is 444 g/mol. The van der Waals surface area contributed by atoms with E-state index >= 15 is 0 Å². The van der Waals surface area contributed by atoms with E-state index in [-0.39, 0.29) is 6.04 Å². The molecular formula is C27H34N4O2S. The number of hydrogen-bond donors (Lipinski definition) is 0. The first-order valence-electron chi connectivity index (χ1n) is 12.3. The smallest absolute Gasteiger partial charge is 0.243 e. The molecule has 0 bridgehead atoms. The van der Waals surface area contributed by atoms with E-state index < -0.39 is 10.0 Å². The van der Waals surface area contributed by atoms with Crippen molar-refractivity contribution in [3.63, 3.8) is 0 Å². The van der Waals surface area contributed by atoms with Gasteiger partial charge in [-0.25, -0.2) is 13.4 Å². The second-order valence-electron chi connectivity index (χ2n) is 9.68. The maximum Gasteiger partial charge on any atom is 0.243 e. The molecule has 0 unspecified atom stereocenters. The summed E-state index contributed by atoms with van der Waals surface area (Å²) in [6.07, 6.45) is 2.95. The second-order valence-corrected chi connectivity index (χ2v) is 11.6. The van der Waals surface area contributed by atoms with Gasteiger partial charge in [-0.3, -0.25) is 0 Å². The highest BCUT2D eigenvalue weighted by atomic mass is 32.2. The van der Waals surface area contributed by atoms with Crippen LogP contribution >= 0.6 is 0 Å². The minimum atomic E-state index is -3.48. The third-order valence-corrected chi connectivity index (χ3v) is 9.52. The second kappa shape index (κ2) is 9.19. The Morgan fingerprint density at radius 1 is 0.882 bits per heavy atom. The van der Waals surface area contributed by atoms with Crippen LogP contribution in [0.1, 0.15) is 37.3 Å². The fourth-order valence-electron chi connectivity index (χ4n) is 5.25. The topological polar surface area (TPSA) is 56.8 Å². The molecule has 0 saturated carbocycles. The van der Waals surface area contributed by atoms with Crippen molar-refractivity contribution in [3.8, 4) is 0 Å². The quantitative estimate of drug-likeness (QED) is 0.542. The Morgan fingerprint density at radius 2 is 1.65 bits per heavy atom. The van der Waals surface area contributed by atoms with Crippen LogP contribution in [0.2, 0.25) is 0 Å². The summed E-state index contributed by atoms with van der Waals surface area (Å²) < 4.78 is 28.1. The van der Waals surface area contributed by atoms with Gasteiger partial charge in [-0.15, -0.1) is 0 Å². The molecule has 0 N–H and O–H groups in total. The highest BCUT2D eigenvalue weighted by Gasteiger charge is 2.31. The monoisotopic (exact) mass is 478 g/mol. The average Bonchev–Trinajstić information content (AvgIpc) is 2.85. The van der Waals surface area contributed by atoms with Crippen LogP contribution in [-0.4, -0.2) is 56.5 Å². The molecule has 1 aromatic heterocycles. The molecule has 0 spiro atoms. The van der Waals surface area contributed by atoms with Crippen LogP contribution < -0.4 is 9.80 Å². The van der Waals surface area contributed by atoms with Gasteiger partial charge in [0.25, 0.3) is 0 Å². The van der Waals surface area contributed by atoms with Gasteiger partial charge in [0.2, 0.25) is 10.0 Å². The number of rotatable bonds is 4. The van der Waals surface area contributed by atoms with Gasteiger partial charge in [0.05, 0.1) is 10.4 Å². The highest BCUT2D eigenvalue weighted by molar-refractivity contribution is 7.89. The summed E-state index contributed by atoms with van der Waals surface area (Å²) in [5.41, 5.74) is 4.83. The van der Waals surface area contributed by atoms with Gasteiger partial charge in [-0.05, 0) is 81.1 Å². The SMILES string of the molecule is Cc1cccc(N2CCN(c3ccc4cc(S(=O)(=O)N5CCCC[C@H]5C)ccc4n3)CC2)c1C. The van der Waals surface area contributed by atoms with Crippen LogP contribution in [-0.2, 0) is 10.0 Å². The molecule has 6 nitrogen and oxygen atoms in total. The van der Waals surface area contributed by atoms with Crippen molar-refractivity contribution >= 4 is 32.4 Å². The van der Waals surface area contributed by atoms with E-state index in [1.54, 1.807) is 16.4 Å². The molecule has 3 aromatic rings. The summed E-state index contributed by atoms with van der Waals surface area (Å²) in [6.45, 7) is 10.7. The molecule has 0 amide bonds. The van der Waals surface area contributed by atoms with E-state index in [9.17, 15) is 8.42 Å². The largest absolute Gasteiger partial charge is 0.368 e. The van der Waals surface area contributed by atoms with Crippen molar-refractivity contribution in [2.75, 3.05) is 42.5 Å². The Balaban J connectivity index is 1.33. The van der Waals surface area contributed by atoms with Crippen molar-refractivity contribution in [2.24, 2.45) is 0 Å². The number of piperidine rings is 1. The number of pyridine rings is 1. The Morgan fingerprint density at radius 3 is 2.41 bits per heavy atom. The lowest BCUT2D eigenvalue weighted by Crippen LogP contribution is -2.47. The number of nitrogens with zero attached hydrogens (tertiary/aromatic N) is 4. The number of anilines is 2. The third-order valence-electron chi connectivity index (χ3n) is 7.51. The number of hydrogen-bond acceptors (Lipinski definition) is 5. The number of fused-ring (bicyclic) bond motifs is 1. The minimum Gasteiger partial charge on any atom is -0.368 e. The number of piperazine rings is 1. The maximum absolute atomic E-state index is 13.2. The van der Waals surface area contributed by atoms with Gasteiger partial charge >= 0.3 is 0 Å². The molecule has 2 aliphatic rings. The molecule has 34 heavy (non-hydrogen) atoms. The van der Waals surface area contributed by atoms with Crippen LogP contribution in [0, 0.1) is 13.8 Å². The minimum absolute atomic E-state index is 0.0530. The summed E-state index contributed by atoms with van der Waals surface area (Å²) in [5.74, 6) is 0.952. The molecule has 180 valence electrons. The predicted molar refractivity (Wildman–Crippen MR) is 139 cm³/mol. The molecule has 0 radical (unpaired) electrons. The number of aromatic nitrogens is 1. The standard InChI is InChI=1S/C27H34N4O2S/c1-20-7-6-9-26(22(20)3)29-15-17-30(18-16-29)27-13-10-23-19-24(11-12-25(23)28-27)34(32,33)31-14-5-4-8-21(31)2/h6-7,9-13,19,21H,4-5,8,14-18H2,1-3H3/t21-/m1/s1. The molecule has 2 aromatic carbocycles. The molecule has 2 aliphatic heterocycles. The van der Waals surface area contributed by atoms with Crippen molar-refractivity contribution < 1.29 is 8.42 Å². The van der Waals surface area contributed by atoms with Crippen molar-refractivity contribution in [2.45, 2.75) is 51.0 Å². The zero-order chi connectivity index (χ0) is 23.9. The van der Waals surface area contributed by atoms with E-state index in [2.05, 4.69) is 41.8 Å². The van der Waals surface area contributed by atoms with Crippen molar-refractivity contribution in [1.29, 1.82) is 0 Å². The van der Waals surface area contributed by atoms with Gasteiger partial charge in [-0.2, -0.15) is 4.31 Å². The van der Waals surface area contributed by atoms with Crippen molar-refractivity contribution in [1.82, 2.24) is 9.29 Å². The van der Waals surface area contributed by atoms with E-state index in [1.807, 2.05) is 25.1 Å². The fourth-order valence-corrected chi connectivity index (χ4v) is 6.98. The van der Waals surface area contributed by atoms with Gasteiger partial charge < -0.3 is 9.80 Å². The predicted octanol–water partition coefficient (Wildman–Crippen LogP) is 4.74. The normalized spacial score (nSPS) is 20.1. The van der Waals surface area contributed by atoms with E-state index in [4.69, 9.17) is 4.98 Å². The molecule has 7 heteroatoms. The molecule has 2 saturated heterocycles. The lowest BCUT2D eigenvalue weighted by molar-refractivity contribution is 0.268. The van der Waals surface area contributed by atoms with E-state index in [0.29, 0.717) is 11.4 Å². The third kappa shape index (κ3) is 4.27. The molecule has 3 heterocycles. The Labute approximate surface area is 203 Å². The van der Waals surface area contributed by atoms with E-state index in [1.165, 1.54) is 16.8 Å². The fraction of sp³-hybridized carbons (Fsp3) is 0.444. The zero-order valence-electron chi connectivity index (χ0n) is 20.4. The first-order valence-corrected chi connectivity index (χ1v) is 13.8. The number of aryl methyl sites for hydroxylation is 1. The zero-order valence-corrected chi connectivity index (χ0v) is 21.2. The van der Waals surface area contributed by atoms with Gasteiger partial charge in [0.1, 0.15) is 5.82 Å². The lowest BCUT2D eigenvalue weighted by Gasteiger charge is -2.37. The summed E-state index contributed by atoms with van der Waals surface area (Å²) >= 11 is 0. The molecule has 0 aliphatic carbocycles. The van der Waals surface area contributed by atoms with Crippen molar-refractivity contribution in [3.05, 3.63) is 59.7 Å². The molecule has 2 fully saturated rings. The summed E-state index contributed by atoms with van der Waals surface area (Å²) in [4.78, 5) is 10.0. The Kier molecular flexibility index (Phi) is 6.25. The summed E-state index contributed by atoms with van der Waals surface area (Å²) in [6, 6.07) is 15.9. The Bertz CT molecular complexity index is 1300. The number of benzene rings is 2.